The van der Waals surface area contributed by atoms with Crippen molar-refractivity contribution in [2.24, 2.45) is 0 Å². The van der Waals surface area contributed by atoms with Crippen molar-refractivity contribution in [1.82, 2.24) is 5.32 Å². The molecule has 1 saturated heterocycles. The first-order valence-corrected chi connectivity index (χ1v) is 9.21. The molecule has 144 valence electrons. The fourth-order valence-corrected chi connectivity index (χ4v) is 3.80. The molecule has 0 aliphatic carbocycles. The number of amides is 2. The smallest absolute Gasteiger partial charge is 0.254 e. The molecule has 2 aliphatic rings. The van der Waals surface area contributed by atoms with Gasteiger partial charge in [-0.2, -0.15) is 0 Å². The molecule has 0 atom stereocenters. The number of hydrogen-bond acceptors (Lipinski definition) is 5. The monoisotopic (exact) mass is 378 g/mol. The maximum Gasteiger partial charge on any atom is 0.254 e. The largest absolute Gasteiger partial charge is 0.493 e. The summed E-state index contributed by atoms with van der Waals surface area (Å²) in [6.07, 6.45) is 2.84. The van der Waals surface area contributed by atoms with Gasteiger partial charge in [-0.3, -0.25) is 14.9 Å². The number of imide groups is 1. The van der Waals surface area contributed by atoms with E-state index in [0.29, 0.717) is 5.57 Å². The van der Waals surface area contributed by atoms with Crippen LogP contribution in [0.2, 0.25) is 0 Å². The zero-order valence-corrected chi connectivity index (χ0v) is 16.0. The summed E-state index contributed by atoms with van der Waals surface area (Å²) in [4.78, 5) is 25.7. The van der Waals surface area contributed by atoms with Crippen LogP contribution in [0.4, 0.5) is 5.69 Å². The minimum Gasteiger partial charge on any atom is -0.493 e. The Hall–Kier alpha value is -3.28. The Kier molecular flexibility index (Phi) is 4.77. The van der Waals surface area contributed by atoms with E-state index in [0.717, 1.165) is 42.3 Å². The Labute approximate surface area is 163 Å². The highest BCUT2D eigenvalue weighted by Crippen LogP contribution is 2.35. The van der Waals surface area contributed by atoms with E-state index in [9.17, 15) is 9.59 Å². The van der Waals surface area contributed by atoms with Crippen LogP contribution in [0.3, 0.4) is 0 Å². The molecule has 28 heavy (non-hydrogen) atoms. The van der Waals surface area contributed by atoms with Crippen molar-refractivity contribution < 1.29 is 19.1 Å². The summed E-state index contributed by atoms with van der Waals surface area (Å²) in [5.74, 6) is 0.915. The lowest BCUT2D eigenvalue weighted by atomic mass is 9.97. The summed E-state index contributed by atoms with van der Waals surface area (Å²) in [6, 6.07) is 12.0. The number of nitrogens with one attached hydrogen (secondary N) is 1. The minimum absolute atomic E-state index is 0.132. The second-order valence-corrected chi connectivity index (χ2v) is 6.93. The van der Waals surface area contributed by atoms with Gasteiger partial charge in [0, 0.05) is 24.4 Å². The van der Waals surface area contributed by atoms with Crippen LogP contribution in [0.15, 0.2) is 42.0 Å². The summed E-state index contributed by atoms with van der Waals surface area (Å²) in [7, 11) is 3.29. The van der Waals surface area contributed by atoms with Gasteiger partial charge >= 0.3 is 0 Å². The molecule has 6 heteroatoms. The Morgan fingerprint density at radius 3 is 2.43 bits per heavy atom. The van der Waals surface area contributed by atoms with Crippen LogP contribution < -0.4 is 19.7 Å². The molecule has 0 bridgehead atoms. The molecule has 1 N–H and O–H groups in total. The van der Waals surface area contributed by atoms with Gasteiger partial charge in [0.15, 0.2) is 11.5 Å². The molecule has 6 nitrogen and oxygen atoms in total. The summed E-state index contributed by atoms with van der Waals surface area (Å²) >= 11 is 0. The van der Waals surface area contributed by atoms with Crippen LogP contribution in [-0.2, 0) is 22.6 Å². The predicted molar refractivity (Wildman–Crippen MR) is 106 cm³/mol. The number of nitrogens with zero attached hydrogens (tertiary/aromatic N) is 1. The molecular formula is C22H22N2O4. The highest BCUT2D eigenvalue weighted by molar-refractivity contribution is 6.15. The SMILES string of the molecule is COc1cc2c(cc1OC)CN(c1ccccc1/C=C1\CC(=O)NC1=O)CC2. The van der Waals surface area contributed by atoms with Gasteiger partial charge in [0.25, 0.3) is 5.91 Å². The summed E-state index contributed by atoms with van der Waals surface area (Å²) in [5, 5.41) is 2.34. The van der Waals surface area contributed by atoms with Gasteiger partial charge in [-0.25, -0.2) is 0 Å². The van der Waals surface area contributed by atoms with E-state index in [-0.39, 0.29) is 18.2 Å². The number of hydrogen-bond donors (Lipinski definition) is 1. The van der Waals surface area contributed by atoms with Crippen LogP contribution in [0.5, 0.6) is 11.5 Å². The van der Waals surface area contributed by atoms with Crippen LogP contribution in [0.25, 0.3) is 6.08 Å². The van der Waals surface area contributed by atoms with Crippen molar-refractivity contribution >= 4 is 23.6 Å². The van der Waals surface area contributed by atoms with Gasteiger partial charge in [-0.05, 0) is 47.4 Å². The average Bonchev–Trinajstić information content (AvgIpc) is 3.03. The Bertz CT molecular complexity index is 980. The third kappa shape index (κ3) is 3.33. The fourth-order valence-electron chi connectivity index (χ4n) is 3.80. The van der Waals surface area contributed by atoms with E-state index in [1.165, 1.54) is 11.1 Å². The van der Waals surface area contributed by atoms with E-state index in [1.807, 2.05) is 42.5 Å². The number of fused-ring (bicyclic) bond motifs is 1. The molecule has 0 spiro atoms. The van der Waals surface area contributed by atoms with Crippen molar-refractivity contribution in [3.8, 4) is 11.5 Å². The number of anilines is 1. The Morgan fingerprint density at radius 1 is 1.04 bits per heavy atom. The fraction of sp³-hybridized carbons (Fsp3) is 0.273. The van der Waals surface area contributed by atoms with E-state index < -0.39 is 0 Å². The van der Waals surface area contributed by atoms with Crippen molar-refractivity contribution in [3.05, 3.63) is 58.7 Å². The molecule has 0 saturated carbocycles. The Morgan fingerprint density at radius 2 is 1.75 bits per heavy atom. The third-order valence-corrected chi connectivity index (χ3v) is 5.22. The van der Waals surface area contributed by atoms with E-state index >= 15 is 0 Å². The summed E-state index contributed by atoms with van der Waals surface area (Å²) in [6.45, 7) is 1.59. The van der Waals surface area contributed by atoms with E-state index in [1.54, 1.807) is 14.2 Å². The van der Waals surface area contributed by atoms with Gasteiger partial charge in [-0.1, -0.05) is 18.2 Å². The molecule has 2 aliphatic heterocycles. The van der Waals surface area contributed by atoms with Crippen LogP contribution in [0, 0.1) is 0 Å². The molecule has 4 rings (SSSR count). The number of benzene rings is 2. The molecular weight excluding hydrogens is 356 g/mol. The molecule has 0 radical (unpaired) electrons. The second-order valence-electron chi connectivity index (χ2n) is 6.93. The molecule has 2 aromatic carbocycles. The molecule has 0 aromatic heterocycles. The molecule has 1 fully saturated rings. The van der Waals surface area contributed by atoms with Crippen LogP contribution in [0.1, 0.15) is 23.1 Å². The lowest BCUT2D eigenvalue weighted by Crippen LogP contribution is -2.31. The number of methoxy groups -OCH3 is 2. The number of para-hydroxylation sites is 1. The number of carbonyl (C=O) groups excluding carboxylic acids is 2. The third-order valence-electron chi connectivity index (χ3n) is 5.22. The van der Waals surface area contributed by atoms with Gasteiger partial charge in [0.1, 0.15) is 0 Å². The van der Waals surface area contributed by atoms with Crippen molar-refractivity contribution in [2.75, 3.05) is 25.7 Å². The zero-order chi connectivity index (χ0) is 19.7. The lowest BCUT2D eigenvalue weighted by molar-refractivity contribution is -0.124. The number of carbonyl (C=O) groups is 2. The zero-order valence-electron chi connectivity index (χ0n) is 16.0. The first kappa shape index (κ1) is 18.1. The molecule has 2 heterocycles. The maximum absolute atomic E-state index is 11.9. The summed E-state index contributed by atoms with van der Waals surface area (Å²) in [5.41, 5.74) is 4.93. The predicted octanol–water partition coefficient (Wildman–Crippen LogP) is 2.70. The van der Waals surface area contributed by atoms with Gasteiger partial charge in [0.2, 0.25) is 5.91 Å². The van der Waals surface area contributed by atoms with E-state index in [2.05, 4.69) is 10.2 Å². The molecule has 2 aromatic rings. The normalized spacial score (nSPS) is 17.5. The number of ether oxygens (including phenoxy) is 2. The van der Waals surface area contributed by atoms with Crippen LogP contribution >= 0.6 is 0 Å². The van der Waals surface area contributed by atoms with Crippen molar-refractivity contribution in [3.63, 3.8) is 0 Å². The Balaban J connectivity index is 1.66. The highest BCUT2D eigenvalue weighted by Gasteiger charge is 2.25. The standard InChI is InChI=1S/C22H22N2O4/c1-27-19-10-14-7-8-24(13-17(14)11-20(19)28-2)18-6-4-3-5-15(18)9-16-12-21(25)23-22(16)26/h3-6,9-11H,7-8,12-13H2,1-2H3,(H,23,25,26)/b16-9+. The quantitative estimate of drug-likeness (QED) is 0.655. The average molecular weight is 378 g/mol. The first-order chi connectivity index (χ1) is 13.6. The first-order valence-electron chi connectivity index (χ1n) is 9.21. The number of rotatable bonds is 4. The molecule has 0 unspecified atom stereocenters. The van der Waals surface area contributed by atoms with Gasteiger partial charge in [0.05, 0.1) is 20.6 Å². The maximum atomic E-state index is 11.9. The van der Waals surface area contributed by atoms with E-state index in [4.69, 9.17) is 9.47 Å². The van der Waals surface area contributed by atoms with Crippen LogP contribution in [-0.4, -0.2) is 32.6 Å². The topological polar surface area (TPSA) is 67.9 Å². The molecule has 2 amide bonds. The van der Waals surface area contributed by atoms with Gasteiger partial charge < -0.3 is 14.4 Å². The van der Waals surface area contributed by atoms with Gasteiger partial charge in [-0.15, -0.1) is 0 Å². The highest BCUT2D eigenvalue weighted by atomic mass is 16.5. The van der Waals surface area contributed by atoms with Crippen molar-refractivity contribution in [1.29, 1.82) is 0 Å². The summed E-state index contributed by atoms with van der Waals surface area (Å²) < 4.78 is 10.9. The lowest BCUT2D eigenvalue weighted by Gasteiger charge is -2.32. The van der Waals surface area contributed by atoms with Crippen molar-refractivity contribution in [2.45, 2.75) is 19.4 Å². The second kappa shape index (κ2) is 7.38. The minimum atomic E-state index is -0.305.